The fourth-order valence-corrected chi connectivity index (χ4v) is 5.08. The van der Waals surface area contributed by atoms with E-state index < -0.39 is 5.97 Å². The maximum atomic E-state index is 14.0. The third-order valence-electron chi connectivity index (χ3n) is 5.83. The molecule has 0 amide bonds. The zero-order valence-corrected chi connectivity index (χ0v) is 22.9. The Balaban J connectivity index is 2.24. The van der Waals surface area contributed by atoms with Gasteiger partial charge in [-0.1, -0.05) is 37.3 Å². The summed E-state index contributed by atoms with van der Waals surface area (Å²) in [4.78, 5) is 27.4. The Morgan fingerprint density at radius 2 is 1.89 bits per heavy atom. The highest BCUT2D eigenvalue weighted by molar-refractivity contribution is 8.01. The fourth-order valence-electron chi connectivity index (χ4n) is 3.88. The first kappa shape index (κ1) is 27.6. The van der Waals surface area contributed by atoms with E-state index in [4.69, 9.17) is 16.3 Å². The van der Waals surface area contributed by atoms with Crippen molar-refractivity contribution in [1.29, 1.82) is 0 Å². The number of ether oxygens (including phenoxy) is 1. The van der Waals surface area contributed by atoms with Crippen molar-refractivity contribution >= 4 is 29.3 Å². The van der Waals surface area contributed by atoms with Crippen molar-refractivity contribution in [3.05, 3.63) is 88.9 Å². The van der Waals surface area contributed by atoms with Crippen LogP contribution in [0.2, 0.25) is 0 Å². The Morgan fingerprint density at radius 1 is 1.17 bits per heavy atom. The first-order valence-corrected chi connectivity index (χ1v) is 13.3. The number of aryl methyl sites for hydroxylation is 1. The minimum Gasteiger partial charge on any atom is -0.465 e. The predicted octanol–water partition coefficient (Wildman–Crippen LogP) is 6.74. The highest BCUT2D eigenvalue weighted by Gasteiger charge is 2.18. The topological polar surface area (TPSA) is 51.5 Å². The third-order valence-corrected chi connectivity index (χ3v) is 7.60. The van der Waals surface area contributed by atoms with Crippen LogP contribution in [-0.4, -0.2) is 36.6 Å². The number of halogens is 1. The number of nitrogens with zero attached hydrogens (tertiary/aromatic N) is 2. The van der Waals surface area contributed by atoms with Gasteiger partial charge in [0, 0.05) is 48.1 Å². The molecule has 0 N–H and O–H groups in total. The van der Waals surface area contributed by atoms with E-state index in [1.165, 1.54) is 7.11 Å². The Labute approximate surface area is 222 Å². The number of esters is 1. The minimum absolute atomic E-state index is 0.0970. The second-order valence-corrected chi connectivity index (χ2v) is 10.7. The number of pyridine rings is 1. The summed E-state index contributed by atoms with van der Waals surface area (Å²) in [6.07, 6.45) is 8.86. The van der Waals surface area contributed by atoms with Crippen molar-refractivity contribution in [2.45, 2.75) is 42.2 Å². The van der Waals surface area contributed by atoms with Crippen molar-refractivity contribution in [2.75, 3.05) is 26.2 Å². The van der Waals surface area contributed by atoms with Crippen LogP contribution in [0.3, 0.4) is 0 Å². The number of alkyl halides is 1. The first-order valence-electron chi connectivity index (χ1n) is 12.0. The molecule has 0 saturated carbocycles. The quantitative estimate of drug-likeness (QED) is 0.0913. The third kappa shape index (κ3) is 6.62. The maximum absolute atomic E-state index is 14.0. The van der Waals surface area contributed by atoms with Crippen molar-refractivity contribution in [3.63, 3.8) is 0 Å². The largest absolute Gasteiger partial charge is 0.465 e. The van der Waals surface area contributed by atoms with Crippen molar-refractivity contribution in [1.82, 2.24) is 4.68 Å². The number of hydrogen-bond donors (Lipinski definition) is 0. The second-order valence-electron chi connectivity index (χ2n) is 8.67. The standard InChI is InChI=1S/C29H33ClN2O3S/c1-6-8-9-12-20-15-21(17-22(16-20)29(34)35-5)24-18-32(31(3)4)19-25(28(24)33)23-13-10-11-14-26(23)36-27(30)7-2/h6,10-11,13-19,27H,1,7-9,12H2,2-5H3. The van der Waals surface area contributed by atoms with E-state index in [9.17, 15) is 9.59 Å². The molecule has 1 heterocycles. The second kappa shape index (κ2) is 12.8. The minimum atomic E-state index is -0.430. The highest BCUT2D eigenvalue weighted by atomic mass is 35.5. The number of carbonyl (C=O) groups excluding carboxylic acids is 1. The molecule has 1 unspecified atom stereocenters. The smallest absolute Gasteiger partial charge is 0.337 e. The van der Waals surface area contributed by atoms with Gasteiger partial charge in [0.25, 0.3) is 0 Å². The van der Waals surface area contributed by atoms with Crippen LogP contribution >= 0.6 is 23.4 Å². The lowest BCUT2D eigenvalue weighted by Gasteiger charge is -2.21. The average molecular weight is 525 g/mol. The summed E-state index contributed by atoms with van der Waals surface area (Å²) in [5.74, 6) is -0.430. The molecule has 0 saturated heterocycles. The monoisotopic (exact) mass is 524 g/mol. The molecule has 0 spiro atoms. The Hall–Kier alpha value is -2.96. The number of allylic oxidation sites excluding steroid dienone is 1. The van der Waals surface area contributed by atoms with E-state index in [0.717, 1.165) is 41.7 Å². The molecule has 0 bridgehead atoms. The van der Waals surface area contributed by atoms with Crippen LogP contribution in [0.5, 0.6) is 0 Å². The molecule has 3 rings (SSSR count). The highest BCUT2D eigenvalue weighted by Crippen LogP contribution is 2.35. The van der Waals surface area contributed by atoms with Crippen LogP contribution in [0.1, 0.15) is 42.1 Å². The number of unbranched alkanes of at least 4 members (excludes halogenated alkanes) is 1. The molecule has 7 heteroatoms. The summed E-state index contributed by atoms with van der Waals surface area (Å²) in [7, 11) is 5.19. The Bertz CT molecular complexity index is 1290. The van der Waals surface area contributed by atoms with Gasteiger partial charge in [-0.05, 0) is 55.0 Å². The van der Waals surface area contributed by atoms with E-state index in [2.05, 4.69) is 6.58 Å². The summed E-state index contributed by atoms with van der Waals surface area (Å²) in [6.45, 7) is 5.83. The van der Waals surface area contributed by atoms with E-state index in [0.29, 0.717) is 22.3 Å². The summed E-state index contributed by atoms with van der Waals surface area (Å²) in [5.41, 5.74) is 3.88. The molecular weight excluding hydrogens is 492 g/mol. The molecule has 0 aliphatic heterocycles. The number of thioether (sulfide) groups is 1. The predicted molar refractivity (Wildman–Crippen MR) is 152 cm³/mol. The van der Waals surface area contributed by atoms with Crippen molar-refractivity contribution in [3.8, 4) is 22.3 Å². The number of methoxy groups -OCH3 is 1. The van der Waals surface area contributed by atoms with Gasteiger partial charge < -0.3 is 9.75 Å². The number of carbonyl (C=O) groups is 1. The van der Waals surface area contributed by atoms with Gasteiger partial charge in [0.1, 0.15) is 0 Å². The van der Waals surface area contributed by atoms with Crippen LogP contribution in [0, 0.1) is 0 Å². The molecule has 36 heavy (non-hydrogen) atoms. The van der Waals surface area contributed by atoms with Crippen LogP contribution in [-0.2, 0) is 11.2 Å². The molecule has 190 valence electrons. The summed E-state index contributed by atoms with van der Waals surface area (Å²) in [5, 5.41) is 1.90. The van der Waals surface area contributed by atoms with Gasteiger partial charge in [0.2, 0.25) is 0 Å². The molecule has 0 aliphatic rings. The number of hydrogen-bond acceptors (Lipinski definition) is 5. The summed E-state index contributed by atoms with van der Waals surface area (Å²) >= 11 is 8.01. The van der Waals surface area contributed by atoms with E-state index in [1.807, 2.05) is 85.6 Å². The number of rotatable bonds is 11. The molecule has 1 atom stereocenters. The van der Waals surface area contributed by atoms with Gasteiger partial charge in [0.05, 0.1) is 17.4 Å². The molecule has 2 aromatic carbocycles. The average Bonchev–Trinajstić information content (AvgIpc) is 2.88. The fraction of sp³-hybridized carbons (Fsp3) is 0.310. The van der Waals surface area contributed by atoms with E-state index in [1.54, 1.807) is 17.8 Å². The maximum Gasteiger partial charge on any atom is 0.337 e. The van der Waals surface area contributed by atoms with Gasteiger partial charge in [-0.25, -0.2) is 4.79 Å². The SMILES string of the molecule is C=CCCCc1cc(C(=O)OC)cc(-c2cn(N(C)C)cc(-c3ccccc3SC(Cl)CC)c2=O)c1. The lowest BCUT2D eigenvalue weighted by atomic mass is 9.96. The van der Waals surface area contributed by atoms with Crippen molar-refractivity contribution < 1.29 is 9.53 Å². The Morgan fingerprint density at radius 3 is 2.56 bits per heavy atom. The molecule has 3 aromatic rings. The van der Waals surface area contributed by atoms with Gasteiger partial charge in [0.15, 0.2) is 5.43 Å². The Kier molecular flexibility index (Phi) is 9.85. The molecule has 5 nitrogen and oxygen atoms in total. The summed E-state index contributed by atoms with van der Waals surface area (Å²) < 4.78 is 6.78. The lowest BCUT2D eigenvalue weighted by Crippen LogP contribution is -2.27. The summed E-state index contributed by atoms with van der Waals surface area (Å²) in [6, 6.07) is 13.4. The van der Waals surface area contributed by atoms with Gasteiger partial charge in [-0.3, -0.25) is 9.47 Å². The first-order chi connectivity index (χ1) is 17.3. The van der Waals surface area contributed by atoms with E-state index in [-0.39, 0.29) is 10.1 Å². The lowest BCUT2D eigenvalue weighted by molar-refractivity contribution is 0.0600. The van der Waals surface area contributed by atoms with Crippen molar-refractivity contribution in [2.24, 2.45) is 0 Å². The van der Waals surface area contributed by atoms with Crippen LogP contribution in [0.15, 0.2) is 77.2 Å². The number of benzene rings is 2. The van der Waals surface area contributed by atoms with Gasteiger partial charge >= 0.3 is 5.97 Å². The molecular formula is C29H33ClN2O3S. The van der Waals surface area contributed by atoms with Gasteiger partial charge in [-0.2, -0.15) is 0 Å². The normalized spacial score (nSPS) is 11.7. The van der Waals surface area contributed by atoms with E-state index >= 15 is 0 Å². The zero-order valence-electron chi connectivity index (χ0n) is 21.3. The van der Waals surface area contributed by atoms with Gasteiger partial charge in [-0.15, -0.1) is 29.9 Å². The molecule has 0 fully saturated rings. The number of aromatic nitrogens is 1. The molecule has 1 aromatic heterocycles. The molecule has 0 radical (unpaired) electrons. The molecule has 0 aliphatic carbocycles. The van der Waals surface area contributed by atoms with Crippen LogP contribution in [0.25, 0.3) is 22.3 Å². The van der Waals surface area contributed by atoms with Crippen LogP contribution in [0.4, 0.5) is 0 Å². The zero-order chi connectivity index (χ0) is 26.2. The van der Waals surface area contributed by atoms with Crippen LogP contribution < -0.4 is 10.4 Å².